The predicted molar refractivity (Wildman–Crippen MR) is 177 cm³/mol. The highest BCUT2D eigenvalue weighted by Crippen LogP contribution is 2.41. The van der Waals surface area contributed by atoms with Crippen molar-refractivity contribution in [2.24, 2.45) is 17.8 Å². The van der Waals surface area contributed by atoms with E-state index in [9.17, 15) is 4.79 Å². The van der Waals surface area contributed by atoms with Crippen molar-refractivity contribution < 1.29 is 19.0 Å². The molecule has 1 saturated heterocycles. The highest BCUT2D eigenvalue weighted by atomic mass is 79.9. The van der Waals surface area contributed by atoms with E-state index >= 15 is 0 Å². The number of amides is 1. The van der Waals surface area contributed by atoms with E-state index in [4.69, 9.17) is 25.8 Å². The van der Waals surface area contributed by atoms with E-state index in [1.54, 1.807) is 20.3 Å². The van der Waals surface area contributed by atoms with Crippen LogP contribution in [0.15, 0.2) is 40.0 Å². The molecule has 3 rings (SSSR count). The minimum Gasteiger partial charge on any atom is -0.501 e. The first-order valence-corrected chi connectivity index (χ1v) is 15.5. The van der Waals surface area contributed by atoms with Gasteiger partial charge in [-0.25, -0.2) is 14.8 Å². The minimum atomic E-state index is -0.190. The van der Waals surface area contributed by atoms with E-state index in [1.807, 2.05) is 63.8 Å². The summed E-state index contributed by atoms with van der Waals surface area (Å²) in [5, 5.41) is 3.92. The van der Waals surface area contributed by atoms with Crippen LogP contribution in [0.5, 0.6) is 0 Å². The number of nitrogens with zero attached hydrogens (tertiary/aromatic N) is 3. The fourth-order valence-corrected chi connectivity index (χ4v) is 5.14. The molecule has 1 aliphatic heterocycles. The lowest BCUT2D eigenvalue weighted by Crippen LogP contribution is -2.30. The fourth-order valence-electron chi connectivity index (χ4n) is 4.79. The van der Waals surface area contributed by atoms with E-state index in [2.05, 4.69) is 43.6 Å². The Balaban J connectivity index is 0.00000165. The molecule has 2 fully saturated rings. The maximum absolute atomic E-state index is 12.0. The Morgan fingerprint density at radius 2 is 1.93 bits per heavy atom. The zero-order chi connectivity index (χ0) is 31.5. The topological polar surface area (TPSA) is 85.8 Å². The minimum absolute atomic E-state index is 0.190. The van der Waals surface area contributed by atoms with Gasteiger partial charge in [-0.3, -0.25) is 0 Å². The number of hydrogen-bond donors (Lipinski definition) is 1. The van der Waals surface area contributed by atoms with Crippen molar-refractivity contribution in [3.05, 3.63) is 51.3 Å². The number of rotatable bonds is 11. The van der Waals surface area contributed by atoms with Crippen LogP contribution in [-0.2, 0) is 14.2 Å². The lowest BCUT2D eigenvalue weighted by Gasteiger charge is -2.18. The highest BCUT2D eigenvalue weighted by molar-refractivity contribution is 9.12. The van der Waals surface area contributed by atoms with Gasteiger partial charge >= 0.3 is 6.09 Å². The number of carbonyl (C=O) groups excluding carboxylic acids is 1. The molecule has 1 N–H and O–H groups in total. The third-order valence-corrected chi connectivity index (χ3v) is 8.12. The van der Waals surface area contributed by atoms with Crippen molar-refractivity contribution >= 4 is 51.6 Å². The standard InChI is InChI=1S/C27H36BrClN4O4.C3H4.C2H6/c1-5-23(28)24(29)7-9-30-26-22(11-18(3)35-4)25(31-17-32-26)8-10-36-16-19-12-20-14-33(15-21(20)13-19)27(34)37-6-2;1-3-2;1-2/h5,7-8,10-11,17,19-21H,6,9,12-16H2,1-4H3,(H,30,31,32);1H,2H3;1-2H3/b10-8+,18-11+,23-5+,24-7+;;/t19?,20-,21+;;. The number of carbonyl (C=O) groups is 1. The molecular formula is C32H46BrClN4O4. The average Bonchev–Trinajstić information content (AvgIpc) is 3.57. The second kappa shape index (κ2) is 20.8. The zero-order valence-corrected chi connectivity index (χ0v) is 28.3. The van der Waals surface area contributed by atoms with Crippen molar-refractivity contribution in [3.63, 3.8) is 0 Å². The van der Waals surface area contributed by atoms with Gasteiger partial charge in [0.1, 0.15) is 12.1 Å². The molecule has 2 aliphatic rings. The molecule has 0 radical (unpaired) electrons. The molecule has 1 aromatic heterocycles. The van der Waals surface area contributed by atoms with Crippen molar-refractivity contribution in [1.82, 2.24) is 14.9 Å². The number of ether oxygens (including phenoxy) is 3. The van der Waals surface area contributed by atoms with Crippen molar-refractivity contribution in [3.8, 4) is 12.3 Å². The molecule has 1 amide bonds. The number of methoxy groups -OCH3 is 1. The second-order valence-electron chi connectivity index (χ2n) is 9.44. The molecule has 10 heteroatoms. The summed E-state index contributed by atoms with van der Waals surface area (Å²) >= 11 is 9.69. The molecule has 1 unspecified atom stereocenters. The molecule has 0 bridgehead atoms. The lowest BCUT2D eigenvalue weighted by atomic mass is 10.0. The summed E-state index contributed by atoms with van der Waals surface area (Å²) in [6, 6.07) is 0. The van der Waals surface area contributed by atoms with Gasteiger partial charge in [0.2, 0.25) is 0 Å². The molecule has 42 heavy (non-hydrogen) atoms. The van der Waals surface area contributed by atoms with Crippen LogP contribution in [0.3, 0.4) is 0 Å². The van der Waals surface area contributed by atoms with Gasteiger partial charge in [-0.15, -0.1) is 12.3 Å². The lowest BCUT2D eigenvalue weighted by molar-refractivity contribution is 0.111. The van der Waals surface area contributed by atoms with Crippen molar-refractivity contribution in [2.45, 2.75) is 54.4 Å². The number of terminal acetylenes is 1. The number of halogens is 2. The summed E-state index contributed by atoms with van der Waals surface area (Å²) < 4.78 is 17.3. The number of anilines is 1. The number of hydrogen-bond acceptors (Lipinski definition) is 7. The summed E-state index contributed by atoms with van der Waals surface area (Å²) in [6.45, 7) is 14.4. The molecular weight excluding hydrogens is 620 g/mol. The summed E-state index contributed by atoms with van der Waals surface area (Å²) in [5.41, 5.74) is 1.51. The number of allylic oxidation sites excluding steroid dienone is 4. The van der Waals surface area contributed by atoms with E-state index in [0.29, 0.717) is 54.1 Å². The predicted octanol–water partition coefficient (Wildman–Crippen LogP) is 8.08. The van der Waals surface area contributed by atoms with Crippen molar-refractivity contribution in [1.29, 1.82) is 0 Å². The van der Waals surface area contributed by atoms with E-state index in [0.717, 1.165) is 41.7 Å². The number of likely N-dealkylation sites (tertiary alicyclic amines) is 1. The summed E-state index contributed by atoms with van der Waals surface area (Å²) in [4.78, 5) is 22.7. The van der Waals surface area contributed by atoms with Gasteiger partial charge < -0.3 is 24.4 Å². The Bertz CT molecular complexity index is 1130. The Morgan fingerprint density at radius 1 is 1.29 bits per heavy atom. The number of fused-ring (bicyclic) bond motifs is 1. The SMILES string of the molecule is C#CC.C/C=C(Br)\C(Cl)=C/CNc1ncnc(/C=C/OCC2C[C@@H]3CN(C(=O)OCC)C[C@@H]3C2)c1/C=C(\C)OC.CC. The van der Waals surface area contributed by atoms with Gasteiger partial charge in [-0.2, -0.15) is 0 Å². The van der Waals surface area contributed by atoms with Crippen LogP contribution >= 0.6 is 27.5 Å². The van der Waals surface area contributed by atoms with Crippen LogP contribution in [0.4, 0.5) is 10.6 Å². The molecule has 0 aromatic carbocycles. The van der Waals surface area contributed by atoms with Crippen LogP contribution in [0.1, 0.15) is 65.6 Å². The maximum Gasteiger partial charge on any atom is 0.409 e. The van der Waals surface area contributed by atoms with Crippen LogP contribution in [0.25, 0.3) is 12.2 Å². The number of nitrogens with one attached hydrogen (secondary N) is 1. The number of aromatic nitrogens is 2. The van der Waals surface area contributed by atoms with E-state index in [1.165, 1.54) is 6.33 Å². The van der Waals surface area contributed by atoms with Crippen LogP contribution in [-0.4, -0.2) is 60.9 Å². The molecule has 232 valence electrons. The Labute approximate surface area is 265 Å². The molecule has 1 aliphatic carbocycles. The van der Waals surface area contributed by atoms with Gasteiger partial charge in [0.15, 0.2) is 0 Å². The van der Waals surface area contributed by atoms with E-state index in [-0.39, 0.29) is 6.09 Å². The first-order chi connectivity index (χ1) is 20.3. The van der Waals surface area contributed by atoms with E-state index < -0.39 is 0 Å². The first kappa shape index (κ1) is 37.1. The van der Waals surface area contributed by atoms with Gasteiger partial charge in [0, 0.05) is 29.7 Å². The molecule has 1 saturated carbocycles. The normalized spacial score (nSPS) is 20.0. The summed E-state index contributed by atoms with van der Waals surface area (Å²) in [5.74, 6) is 5.19. The van der Waals surface area contributed by atoms with Crippen LogP contribution < -0.4 is 5.32 Å². The zero-order valence-electron chi connectivity index (χ0n) is 26.0. The Kier molecular flexibility index (Phi) is 18.4. The van der Waals surface area contributed by atoms with Crippen molar-refractivity contribution in [2.75, 3.05) is 45.3 Å². The van der Waals surface area contributed by atoms with Gasteiger partial charge in [-0.1, -0.05) is 31.5 Å². The first-order valence-electron chi connectivity index (χ1n) is 14.3. The monoisotopic (exact) mass is 664 g/mol. The van der Waals surface area contributed by atoms with Crippen LogP contribution in [0.2, 0.25) is 0 Å². The summed E-state index contributed by atoms with van der Waals surface area (Å²) in [6.07, 6.45) is 17.2. The molecule has 0 spiro atoms. The highest BCUT2D eigenvalue weighted by Gasteiger charge is 2.42. The average molecular weight is 666 g/mol. The Morgan fingerprint density at radius 3 is 2.50 bits per heavy atom. The largest absolute Gasteiger partial charge is 0.501 e. The van der Waals surface area contributed by atoms with Gasteiger partial charge in [-0.05, 0) is 92.4 Å². The molecule has 1 aromatic rings. The molecule has 2 heterocycles. The molecule has 8 nitrogen and oxygen atoms in total. The Hall–Kier alpha value is -2.96. The van der Waals surface area contributed by atoms with Gasteiger partial charge in [0.05, 0.1) is 43.1 Å². The summed E-state index contributed by atoms with van der Waals surface area (Å²) in [7, 11) is 1.63. The fraction of sp³-hybridized carbons (Fsp3) is 0.531. The molecule has 3 atom stereocenters. The quantitative estimate of drug-likeness (QED) is 0.145. The smallest absolute Gasteiger partial charge is 0.409 e. The third-order valence-electron chi connectivity index (χ3n) is 6.65. The van der Waals surface area contributed by atoms with Crippen LogP contribution in [0, 0.1) is 30.1 Å². The second-order valence-corrected chi connectivity index (χ2v) is 10.7. The van der Waals surface area contributed by atoms with Gasteiger partial charge in [0.25, 0.3) is 0 Å². The third kappa shape index (κ3) is 12.1. The maximum atomic E-state index is 12.0.